The molecular weight excluding hydrogens is 166 g/mol. The minimum absolute atomic E-state index is 0.0864. The average molecular weight is 181 g/mol. The van der Waals surface area contributed by atoms with Crippen LogP contribution in [0.3, 0.4) is 0 Å². The van der Waals surface area contributed by atoms with Crippen molar-refractivity contribution in [3.05, 3.63) is 17.5 Å². The van der Waals surface area contributed by atoms with E-state index in [9.17, 15) is 4.79 Å². The van der Waals surface area contributed by atoms with Crippen molar-refractivity contribution in [1.82, 2.24) is 9.78 Å². The summed E-state index contributed by atoms with van der Waals surface area (Å²) < 4.78 is 1.81. The van der Waals surface area contributed by atoms with Gasteiger partial charge in [-0.25, -0.2) is 0 Å². The molecule has 0 saturated heterocycles. The van der Waals surface area contributed by atoms with Gasteiger partial charge in [0.25, 0.3) is 0 Å². The topological polar surface area (TPSA) is 60.9 Å². The van der Waals surface area contributed by atoms with Gasteiger partial charge in [-0.2, -0.15) is 5.10 Å². The molecule has 0 aromatic carbocycles. The first kappa shape index (κ1) is 9.92. The molecule has 0 bridgehead atoms. The molecule has 0 fully saturated rings. The molecule has 1 aromatic heterocycles. The average Bonchev–Trinajstić information content (AvgIpc) is 2.42. The first-order valence-corrected chi connectivity index (χ1v) is 4.34. The number of carbonyl (C=O) groups is 1. The van der Waals surface area contributed by atoms with Gasteiger partial charge >= 0.3 is 0 Å². The van der Waals surface area contributed by atoms with Crippen LogP contribution in [0.1, 0.15) is 17.8 Å². The molecule has 0 radical (unpaired) electrons. The van der Waals surface area contributed by atoms with Crippen LogP contribution in [0.25, 0.3) is 0 Å². The van der Waals surface area contributed by atoms with E-state index in [4.69, 9.17) is 5.73 Å². The highest BCUT2D eigenvalue weighted by molar-refractivity contribution is 5.80. The molecule has 0 aliphatic rings. The van der Waals surface area contributed by atoms with Crippen molar-refractivity contribution in [3.63, 3.8) is 0 Å². The third-order valence-corrected chi connectivity index (χ3v) is 2.05. The minimum Gasteiger partial charge on any atom is -0.324 e. The van der Waals surface area contributed by atoms with E-state index in [0.717, 1.165) is 11.4 Å². The second kappa shape index (κ2) is 4.18. The van der Waals surface area contributed by atoms with E-state index in [-0.39, 0.29) is 12.3 Å². The van der Waals surface area contributed by atoms with Crippen molar-refractivity contribution < 1.29 is 4.79 Å². The predicted molar refractivity (Wildman–Crippen MR) is 50.3 cm³/mol. The van der Waals surface area contributed by atoms with Crippen LogP contribution in [0.4, 0.5) is 0 Å². The minimum atomic E-state index is 0.0864. The summed E-state index contributed by atoms with van der Waals surface area (Å²) in [4.78, 5) is 10.9. The molecule has 1 heterocycles. The van der Waals surface area contributed by atoms with E-state index in [0.29, 0.717) is 12.8 Å². The molecule has 2 N–H and O–H groups in total. The molecule has 0 spiro atoms. The molecule has 0 aliphatic heterocycles. The second-order valence-corrected chi connectivity index (χ2v) is 3.14. The van der Waals surface area contributed by atoms with Gasteiger partial charge in [0.1, 0.15) is 5.78 Å². The molecule has 4 heteroatoms. The molecule has 0 amide bonds. The van der Waals surface area contributed by atoms with Gasteiger partial charge < -0.3 is 5.73 Å². The highest BCUT2D eigenvalue weighted by Crippen LogP contribution is 2.03. The van der Waals surface area contributed by atoms with E-state index in [1.807, 2.05) is 24.7 Å². The zero-order valence-electron chi connectivity index (χ0n) is 8.08. The van der Waals surface area contributed by atoms with Gasteiger partial charge in [0.2, 0.25) is 0 Å². The van der Waals surface area contributed by atoms with Crippen LogP contribution in [-0.4, -0.2) is 22.1 Å². The van der Waals surface area contributed by atoms with Crippen molar-refractivity contribution >= 4 is 5.78 Å². The molecule has 0 unspecified atom stereocenters. The number of ketones is 1. The third-order valence-electron chi connectivity index (χ3n) is 2.05. The van der Waals surface area contributed by atoms with Crippen LogP contribution in [0, 0.1) is 6.92 Å². The Morgan fingerprint density at radius 2 is 2.38 bits per heavy atom. The van der Waals surface area contributed by atoms with Crippen molar-refractivity contribution in [2.45, 2.75) is 19.8 Å². The number of nitrogens with two attached hydrogens (primary N) is 1. The van der Waals surface area contributed by atoms with E-state index in [1.54, 1.807) is 0 Å². The summed E-state index contributed by atoms with van der Waals surface area (Å²) in [5.74, 6) is 0.0864. The van der Waals surface area contributed by atoms with Crippen LogP contribution >= 0.6 is 0 Å². The normalized spacial score (nSPS) is 10.4. The number of hydrogen-bond acceptors (Lipinski definition) is 3. The maximum atomic E-state index is 10.9. The number of Topliss-reactive ketones (excluding diaryl/α,β-unsaturated/α-hetero) is 1. The molecule has 1 aromatic rings. The van der Waals surface area contributed by atoms with Crippen LogP contribution < -0.4 is 5.73 Å². The summed E-state index contributed by atoms with van der Waals surface area (Å²) in [7, 11) is 1.89. The summed E-state index contributed by atoms with van der Waals surface area (Å²) in [6.45, 7) is 2.12. The number of aryl methyl sites for hydroxylation is 3. The van der Waals surface area contributed by atoms with E-state index >= 15 is 0 Å². The largest absolute Gasteiger partial charge is 0.324 e. The quantitative estimate of drug-likeness (QED) is 0.721. The van der Waals surface area contributed by atoms with E-state index < -0.39 is 0 Å². The zero-order valence-corrected chi connectivity index (χ0v) is 8.08. The Kier molecular flexibility index (Phi) is 3.19. The molecule has 72 valence electrons. The van der Waals surface area contributed by atoms with E-state index in [1.165, 1.54) is 0 Å². The van der Waals surface area contributed by atoms with Crippen molar-refractivity contribution in [2.24, 2.45) is 12.8 Å². The van der Waals surface area contributed by atoms with Gasteiger partial charge in [-0.15, -0.1) is 0 Å². The molecule has 0 atom stereocenters. The summed E-state index contributed by atoms with van der Waals surface area (Å²) >= 11 is 0. The van der Waals surface area contributed by atoms with Gasteiger partial charge in [0, 0.05) is 19.2 Å². The Morgan fingerprint density at radius 3 is 2.85 bits per heavy atom. The number of hydrogen-bond donors (Lipinski definition) is 1. The maximum Gasteiger partial charge on any atom is 0.146 e. The number of nitrogens with zero attached hydrogens (tertiary/aromatic N) is 2. The predicted octanol–water partition coefficient (Wildman–Crippen LogP) is 0.189. The van der Waals surface area contributed by atoms with Gasteiger partial charge in [-0.1, -0.05) is 0 Å². The SMILES string of the molecule is Cc1cc(CCC(=O)CN)nn1C. The lowest BCUT2D eigenvalue weighted by atomic mass is 10.2. The maximum absolute atomic E-state index is 10.9. The van der Waals surface area contributed by atoms with Crippen LogP contribution in [0.5, 0.6) is 0 Å². The fourth-order valence-electron chi connectivity index (χ4n) is 1.13. The lowest BCUT2D eigenvalue weighted by molar-refractivity contribution is -0.117. The van der Waals surface area contributed by atoms with E-state index in [2.05, 4.69) is 5.10 Å². The van der Waals surface area contributed by atoms with Gasteiger partial charge in [0.15, 0.2) is 0 Å². The fourth-order valence-corrected chi connectivity index (χ4v) is 1.13. The highest BCUT2D eigenvalue weighted by Gasteiger charge is 2.03. The monoisotopic (exact) mass is 181 g/mol. The first-order chi connectivity index (χ1) is 6.13. The fraction of sp³-hybridized carbons (Fsp3) is 0.556. The Balaban J connectivity index is 2.50. The van der Waals surface area contributed by atoms with Gasteiger partial charge in [-0.3, -0.25) is 9.48 Å². The van der Waals surface area contributed by atoms with Crippen LogP contribution in [0.2, 0.25) is 0 Å². The summed E-state index contributed by atoms with van der Waals surface area (Å²) in [5.41, 5.74) is 7.26. The summed E-state index contributed by atoms with van der Waals surface area (Å²) in [6.07, 6.45) is 1.19. The smallest absolute Gasteiger partial charge is 0.146 e. The number of rotatable bonds is 4. The molecule has 0 saturated carbocycles. The third kappa shape index (κ3) is 2.66. The summed E-state index contributed by atoms with van der Waals surface area (Å²) in [5, 5.41) is 4.24. The molecule has 0 aliphatic carbocycles. The zero-order chi connectivity index (χ0) is 9.84. The lowest BCUT2D eigenvalue weighted by Crippen LogP contribution is -2.13. The summed E-state index contributed by atoms with van der Waals surface area (Å²) in [6, 6.07) is 1.99. The van der Waals surface area contributed by atoms with Gasteiger partial charge in [-0.05, 0) is 19.4 Å². The molecule has 1 rings (SSSR count). The first-order valence-electron chi connectivity index (χ1n) is 4.34. The Bertz CT molecular complexity index is 284. The highest BCUT2D eigenvalue weighted by atomic mass is 16.1. The second-order valence-electron chi connectivity index (χ2n) is 3.14. The molecular formula is C9H15N3O. The number of aromatic nitrogens is 2. The lowest BCUT2D eigenvalue weighted by Gasteiger charge is -1.94. The van der Waals surface area contributed by atoms with Crippen molar-refractivity contribution in [1.29, 1.82) is 0 Å². The Morgan fingerprint density at radius 1 is 1.69 bits per heavy atom. The van der Waals surface area contributed by atoms with Gasteiger partial charge in [0.05, 0.1) is 12.2 Å². The molecule has 13 heavy (non-hydrogen) atoms. The molecule has 4 nitrogen and oxygen atoms in total. The van der Waals surface area contributed by atoms with Crippen LogP contribution in [-0.2, 0) is 18.3 Å². The van der Waals surface area contributed by atoms with Crippen molar-refractivity contribution in [2.75, 3.05) is 6.54 Å². The van der Waals surface area contributed by atoms with Crippen molar-refractivity contribution in [3.8, 4) is 0 Å². The Hall–Kier alpha value is -1.16. The van der Waals surface area contributed by atoms with Crippen LogP contribution in [0.15, 0.2) is 6.07 Å². The standard InChI is InChI=1S/C9H15N3O/c1-7-5-8(11-12(7)2)3-4-9(13)6-10/h5H,3-4,6,10H2,1-2H3. The number of carbonyl (C=O) groups excluding carboxylic acids is 1. The Labute approximate surface area is 77.7 Å².